The summed E-state index contributed by atoms with van der Waals surface area (Å²) in [5, 5.41) is 4.06. The standard InChI is InChI=1S/C18H15F3N4OS/c19-18(20,21)15-11-27-16(25-15)10-23-17(22)24-12-5-4-8-14(9-12)26-13-6-2-1-3-7-13/h1-9,11H,10H2,(H3,22,23,24). The zero-order valence-electron chi connectivity index (χ0n) is 13.9. The van der Waals surface area contributed by atoms with Crippen LogP contribution in [-0.2, 0) is 12.7 Å². The molecule has 2 aromatic carbocycles. The van der Waals surface area contributed by atoms with E-state index in [1.807, 2.05) is 30.3 Å². The van der Waals surface area contributed by atoms with E-state index in [0.29, 0.717) is 17.2 Å². The van der Waals surface area contributed by atoms with Crippen LogP contribution in [0.1, 0.15) is 10.7 Å². The van der Waals surface area contributed by atoms with Crippen LogP contribution in [0.25, 0.3) is 0 Å². The van der Waals surface area contributed by atoms with Crippen molar-refractivity contribution >= 4 is 23.0 Å². The summed E-state index contributed by atoms with van der Waals surface area (Å²) in [5.41, 5.74) is 5.52. The molecule has 3 rings (SSSR count). The predicted octanol–water partition coefficient (Wildman–Crippen LogP) is 4.88. The summed E-state index contributed by atoms with van der Waals surface area (Å²) >= 11 is 0.887. The Morgan fingerprint density at radius 3 is 2.56 bits per heavy atom. The Morgan fingerprint density at radius 2 is 1.85 bits per heavy atom. The van der Waals surface area contributed by atoms with Crippen molar-refractivity contribution in [2.45, 2.75) is 12.7 Å². The number of halogens is 3. The lowest BCUT2D eigenvalue weighted by molar-refractivity contribution is -0.140. The molecule has 0 aliphatic heterocycles. The summed E-state index contributed by atoms with van der Waals surface area (Å²) in [6.45, 7) is -0.0419. The molecule has 0 aliphatic carbocycles. The fraction of sp³-hybridized carbons (Fsp3) is 0.111. The van der Waals surface area contributed by atoms with Gasteiger partial charge in [0, 0.05) is 17.1 Å². The Labute approximate surface area is 157 Å². The molecule has 0 unspecified atom stereocenters. The van der Waals surface area contributed by atoms with Crippen LogP contribution < -0.4 is 15.8 Å². The lowest BCUT2D eigenvalue weighted by atomic mass is 10.3. The Morgan fingerprint density at radius 1 is 1.11 bits per heavy atom. The van der Waals surface area contributed by atoms with Gasteiger partial charge in [0.05, 0.1) is 6.54 Å². The molecule has 5 nitrogen and oxygen atoms in total. The maximum atomic E-state index is 12.5. The molecule has 0 fully saturated rings. The van der Waals surface area contributed by atoms with Gasteiger partial charge in [0.15, 0.2) is 11.7 Å². The number of nitrogens with one attached hydrogen (secondary N) is 1. The molecular weight excluding hydrogens is 377 g/mol. The highest BCUT2D eigenvalue weighted by atomic mass is 32.1. The first-order chi connectivity index (χ1) is 12.9. The maximum absolute atomic E-state index is 12.5. The fourth-order valence-corrected chi connectivity index (χ4v) is 2.84. The summed E-state index contributed by atoms with van der Waals surface area (Å²) in [6, 6.07) is 16.4. The van der Waals surface area contributed by atoms with Gasteiger partial charge >= 0.3 is 6.18 Å². The molecule has 3 aromatic rings. The van der Waals surface area contributed by atoms with E-state index in [1.165, 1.54) is 0 Å². The van der Waals surface area contributed by atoms with Crippen LogP contribution >= 0.6 is 11.3 Å². The molecule has 0 saturated heterocycles. The van der Waals surface area contributed by atoms with Gasteiger partial charge in [-0.3, -0.25) is 0 Å². The average molecular weight is 392 g/mol. The third kappa shape index (κ3) is 5.45. The summed E-state index contributed by atoms with van der Waals surface area (Å²) < 4.78 is 43.4. The first-order valence-corrected chi connectivity index (χ1v) is 8.69. The lowest BCUT2D eigenvalue weighted by Crippen LogP contribution is -2.22. The van der Waals surface area contributed by atoms with E-state index in [1.54, 1.807) is 24.3 Å². The highest BCUT2D eigenvalue weighted by molar-refractivity contribution is 7.09. The van der Waals surface area contributed by atoms with Crippen LogP contribution in [0.4, 0.5) is 18.9 Å². The minimum atomic E-state index is -4.46. The quantitative estimate of drug-likeness (QED) is 0.479. The molecule has 0 radical (unpaired) electrons. The Hall–Kier alpha value is -3.07. The van der Waals surface area contributed by atoms with Gasteiger partial charge in [-0.15, -0.1) is 11.3 Å². The number of aromatic nitrogens is 1. The van der Waals surface area contributed by atoms with Crippen molar-refractivity contribution in [1.29, 1.82) is 0 Å². The van der Waals surface area contributed by atoms with E-state index in [0.717, 1.165) is 16.7 Å². The van der Waals surface area contributed by atoms with Crippen LogP contribution in [0.5, 0.6) is 11.5 Å². The van der Waals surface area contributed by atoms with Crippen molar-refractivity contribution in [2.24, 2.45) is 10.7 Å². The number of anilines is 1. The molecule has 27 heavy (non-hydrogen) atoms. The molecule has 3 N–H and O–H groups in total. The maximum Gasteiger partial charge on any atom is 0.434 e. The molecular formula is C18H15F3N4OS. The predicted molar refractivity (Wildman–Crippen MR) is 99.0 cm³/mol. The largest absolute Gasteiger partial charge is 0.457 e. The number of benzene rings is 2. The highest BCUT2D eigenvalue weighted by Gasteiger charge is 2.33. The zero-order valence-corrected chi connectivity index (χ0v) is 14.7. The van der Waals surface area contributed by atoms with E-state index < -0.39 is 11.9 Å². The van der Waals surface area contributed by atoms with Crippen molar-refractivity contribution < 1.29 is 17.9 Å². The molecule has 0 aliphatic rings. The second-order valence-corrected chi connectivity index (χ2v) is 6.34. The van der Waals surface area contributed by atoms with Crippen LogP contribution in [0.15, 0.2) is 65.0 Å². The van der Waals surface area contributed by atoms with Crippen LogP contribution in [0, 0.1) is 0 Å². The fourth-order valence-electron chi connectivity index (χ4n) is 2.12. The molecule has 140 valence electrons. The number of hydrogen-bond acceptors (Lipinski definition) is 4. The molecule has 0 bridgehead atoms. The Balaban J connectivity index is 1.62. The van der Waals surface area contributed by atoms with Gasteiger partial charge in [-0.1, -0.05) is 24.3 Å². The van der Waals surface area contributed by atoms with E-state index >= 15 is 0 Å². The molecule has 1 heterocycles. The second kappa shape index (κ2) is 8.09. The van der Waals surface area contributed by atoms with E-state index in [9.17, 15) is 13.2 Å². The minimum absolute atomic E-state index is 0.0419. The van der Waals surface area contributed by atoms with E-state index in [-0.39, 0.29) is 17.5 Å². The van der Waals surface area contributed by atoms with Crippen LogP contribution in [0.3, 0.4) is 0 Å². The normalized spacial score (nSPS) is 12.0. The number of guanidine groups is 1. The van der Waals surface area contributed by atoms with Gasteiger partial charge in [-0.25, -0.2) is 9.98 Å². The number of para-hydroxylation sites is 1. The molecule has 0 amide bonds. The van der Waals surface area contributed by atoms with Gasteiger partial charge < -0.3 is 15.8 Å². The van der Waals surface area contributed by atoms with Gasteiger partial charge in [0.1, 0.15) is 16.5 Å². The van der Waals surface area contributed by atoms with Crippen molar-refractivity contribution in [3.63, 3.8) is 0 Å². The lowest BCUT2D eigenvalue weighted by Gasteiger charge is -2.09. The average Bonchev–Trinajstić information content (AvgIpc) is 3.11. The SMILES string of the molecule is NC(=NCc1nc(C(F)(F)F)cs1)Nc1cccc(Oc2ccccc2)c1. The summed E-state index contributed by atoms with van der Waals surface area (Å²) in [5.74, 6) is 1.37. The van der Waals surface area contributed by atoms with E-state index in [4.69, 9.17) is 10.5 Å². The molecule has 1 aromatic heterocycles. The van der Waals surface area contributed by atoms with Crippen LogP contribution in [0.2, 0.25) is 0 Å². The molecule has 0 saturated carbocycles. The topological polar surface area (TPSA) is 72.5 Å². The first kappa shape index (κ1) is 18.7. The number of thiazole rings is 1. The summed E-state index contributed by atoms with van der Waals surface area (Å²) in [4.78, 5) is 7.53. The van der Waals surface area contributed by atoms with E-state index in [2.05, 4.69) is 15.3 Å². The summed E-state index contributed by atoms with van der Waals surface area (Å²) in [7, 11) is 0. The van der Waals surface area contributed by atoms with Gasteiger partial charge in [-0.2, -0.15) is 13.2 Å². The summed E-state index contributed by atoms with van der Waals surface area (Å²) in [6.07, 6.45) is -4.46. The molecule has 0 spiro atoms. The van der Waals surface area contributed by atoms with Gasteiger partial charge in [0.2, 0.25) is 0 Å². The number of alkyl halides is 3. The molecule has 0 atom stereocenters. The zero-order chi connectivity index (χ0) is 19.3. The number of nitrogens with two attached hydrogens (primary N) is 1. The van der Waals surface area contributed by atoms with Crippen molar-refractivity contribution in [1.82, 2.24) is 4.98 Å². The van der Waals surface area contributed by atoms with Crippen LogP contribution in [-0.4, -0.2) is 10.9 Å². The van der Waals surface area contributed by atoms with Crippen molar-refractivity contribution in [3.05, 3.63) is 70.7 Å². The third-order valence-corrected chi connectivity index (χ3v) is 4.15. The van der Waals surface area contributed by atoms with Gasteiger partial charge in [-0.05, 0) is 24.3 Å². The number of aliphatic imine (C=N–C) groups is 1. The number of rotatable bonds is 5. The smallest absolute Gasteiger partial charge is 0.434 e. The molecule has 9 heteroatoms. The van der Waals surface area contributed by atoms with Gasteiger partial charge in [0.25, 0.3) is 0 Å². The third-order valence-electron chi connectivity index (χ3n) is 3.31. The number of nitrogens with zero attached hydrogens (tertiary/aromatic N) is 2. The first-order valence-electron chi connectivity index (χ1n) is 7.82. The minimum Gasteiger partial charge on any atom is -0.457 e. The van der Waals surface area contributed by atoms with Crippen molar-refractivity contribution in [3.8, 4) is 11.5 Å². The second-order valence-electron chi connectivity index (χ2n) is 5.39. The highest BCUT2D eigenvalue weighted by Crippen LogP contribution is 2.30. The Bertz CT molecular complexity index is 926. The number of ether oxygens (including phenoxy) is 1. The number of hydrogen-bond donors (Lipinski definition) is 2. The van der Waals surface area contributed by atoms with Crippen molar-refractivity contribution in [2.75, 3.05) is 5.32 Å². The Kier molecular flexibility index (Phi) is 5.60. The monoisotopic (exact) mass is 392 g/mol.